The summed E-state index contributed by atoms with van der Waals surface area (Å²) in [5.74, 6) is 0. The van der Waals surface area contributed by atoms with Crippen molar-refractivity contribution >= 4 is 0 Å². The van der Waals surface area contributed by atoms with E-state index < -0.39 is 0 Å². The molecule has 0 atom stereocenters. The Morgan fingerprint density at radius 3 is 2.53 bits per heavy atom. The Bertz CT molecular complexity index is 438. The van der Waals surface area contributed by atoms with E-state index in [1.54, 1.807) is 12.5 Å². The SMILES string of the molecule is CC(C)(C)c1cccc(-c2cnoc2)c1. The Hall–Kier alpha value is -1.57. The van der Waals surface area contributed by atoms with Crippen molar-refractivity contribution in [2.45, 2.75) is 26.2 Å². The lowest BCUT2D eigenvalue weighted by molar-refractivity contribution is 0.420. The molecule has 0 saturated carbocycles. The maximum atomic E-state index is 4.84. The minimum Gasteiger partial charge on any atom is -0.364 e. The molecule has 0 N–H and O–H groups in total. The van der Waals surface area contributed by atoms with Gasteiger partial charge in [-0.25, -0.2) is 0 Å². The first-order valence-corrected chi connectivity index (χ1v) is 5.08. The van der Waals surface area contributed by atoms with Crippen molar-refractivity contribution in [3.05, 3.63) is 42.3 Å². The monoisotopic (exact) mass is 201 g/mol. The van der Waals surface area contributed by atoms with E-state index in [-0.39, 0.29) is 5.41 Å². The maximum absolute atomic E-state index is 4.84. The molecule has 2 heteroatoms. The molecule has 0 aliphatic carbocycles. The molecule has 0 fully saturated rings. The maximum Gasteiger partial charge on any atom is 0.131 e. The van der Waals surface area contributed by atoms with Crippen molar-refractivity contribution in [1.82, 2.24) is 5.16 Å². The quantitative estimate of drug-likeness (QED) is 0.704. The number of nitrogens with zero attached hydrogens (tertiary/aromatic N) is 1. The fourth-order valence-corrected chi connectivity index (χ4v) is 1.51. The second-order valence-electron chi connectivity index (χ2n) is 4.74. The van der Waals surface area contributed by atoms with Gasteiger partial charge in [-0.05, 0) is 16.5 Å². The molecule has 0 unspecified atom stereocenters. The van der Waals surface area contributed by atoms with Gasteiger partial charge in [-0.1, -0.05) is 50.2 Å². The van der Waals surface area contributed by atoms with Crippen LogP contribution >= 0.6 is 0 Å². The van der Waals surface area contributed by atoms with Crippen LogP contribution in [0.3, 0.4) is 0 Å². The van der Waals surface area contributed by atoms with Gasteiger partial charge in [0.05, 0.1) is 6.20 Å². The summed E-state index contributed by atoms with van der Waals surface area (Å²) in [4.78, 5) is 0. The highest BCUT2D eigenvalue weighted by Crippen LogP contribution is 2.27. The molecular weight excluding hydrogens is 186 g/mol. The molecule has 0 spiro atoms. The second kappa shape index (κ2) is 3.54. The molecule has 0 aliphatic heterocycles. The van der Waals surface area contributed by atoms with E-state index >= 15 is 0 Å². The Kier molecular flexibility index (Phi) is 2.35. The Morgan fingerprint density at radius 2 is 1.93 bits per heavy atom. The zero-order chi connectivity index (χ0) is 10.9. The molecular formula is C13H15NO. The molecule has 2 nitrogen and oxygen atoms in total. The predicted octanol–water partition coefficient (Wildman–Crippen LogP) is 3.64. The molecule has 0 bridgehead atoms. The average molecular weight is 201 g/mol. The van der Waals surface area contributed by atoms with Crippen LogP contribution in [0.2, 0.25) is 0 Å². The largest absolute Gasteiger partial charge is 0.364 e. The van der Waals surface area contributed by atoms with Crippen LogP contribution in [0.5, 0.6) is 0 Å². The third kappa shape index (κ3) is 2.09. The number of aromatic nitrogens is 1. The zero-order valence-electron chi connectivity index (χ0n) is 9.32. The zero-order valence-corrected chi connectivity index (χ0v) is 9.32. The van der Waals surface area contributed by atoms with Gasteiger partial charge in [-0.15, -0.1) is 0 Å². The normalized spacial score (nSPS) is 11.7. The van der Waals surface area contributed by atoms with E-state index in [1.165, 1.54) is 5.56 Å². The van der Waals surface area contributed by atoms with E-state index in [9.17, 15) is 0 Å². The first-order valence-electron chi connectivity index (χ1n) is 5.08. The van der Waals surface area contributed by atoms with Crippen LogP contribution in [0, 0.1) is 0 Å². The lowest BCUT2D eigenvalue weighted by Crippen LogP contribution is -2.10. The smallest absolute Gasteiger partial charge is 0.131 e. The van der Waals surface area contributed by atoms with Gasteiger partial charge in [0.1, 0.15) is 6.26 Å². The van der Waals surface area contributed by atoms with Crippen molar-refractivity contribution in [3.63, 3.8) is 0 Å². The van der Waals surface area contributed by atoms with Crippen molar-refractivity contribution in [1.29, 1.82) is 0 Å². The number of hydrogen-bond acceptors (Lipinski definition) is 2. The van der Waals surface area contributed by atoms with E-state index in [0.29, 0.717) is 0 Å². The van der Waals surface area contributed by atoms with Crippen LogP contribution in [0.1, 0.15) is 26.3 Å². The summed E-state index contributed by atoms with van der Waals surface area (Å²) in [7, 11) is 0. The Morgan fingerprint density at radius 1 is 1.13 bits per heavy atom. The van der Waals surface area contributed by atoms with Gasteiger partial charge in [-0.3, -0.25) is 0 Å². The molecule has 0 amide bonds. The molecule has 0 radical (unpaired) electrons. The average Bonchev–Trinajstić information content (AvgIpc) is 2.69. The minimum absolute atomic E-state index is 0.174. The fourth-order valence-electron chi connectivity index (χ4n) is 1.51. The van der Waals surface area contributed by atoms with Gasteiger partial charge < -0.3 is 4.52 Å². The van der Waals surface area contributed by atoms with Gasteiger partial charge in [0, 0.05) is 5.56 Å². The molecule has 1 aromatic carbocycles. The molecule has 15 heavy (non-hydrogen) atoms. The van der Waals surface area contributed by atoms with Crippen molar-refractivity contribution < 1.29 is 4.52 Å². The van der Waals surface area contributed by atoms with Crippen LogP contribution in [0.4, 0.5) is 0 Å². The number of rotatable bonds is 1. The summed E-state index contributed by atoms with van der Waals surface area (Å²) in [6.45, 7) is 6.62. The molecule has 1 aromatic heterocycles. The topological polar surface area (TPSA) is 26.0 Å². The fraction of sp³-hybridized carbons (Fsp3) is 0.308. The summed E-state index contributed by atoms with van der Waals surface area (Å²) < 4.78 is 4.84. The highest BCUT2D eigenvalue weighted by Gasteiger charge is 2.14. The highest BCUT2D eigenvalue weighted by molar-refractivity contribution is 5.62. The highest BCUT2D eigenvalue weighted by atomic mass is 16.5. The summed E-state index contributed by atoms with van der Waals surface area (Å²) in [6.07, 6.45) is 3.41. The summed E-state index contributed by atoms with van der Waals surface area (Å²) in [6, 6.07) is 8.48. The van der Waals surface area contributed by atoms with Crippen molar-refractivity contribution in [2.24, 2.45) is 0 Å². The third-order valence-corrected chi connectivity index (χ3v) is 2.49. The minimum atomic E-state index is 0.174. The van der Waals surface area contributed by atoms with Crippen LogP contribution in [0.15, 0.2) is 41.2 Å². The summed E-state index contributed by atoms with van der Waals surface area (Å²) in [5.41, 5.74) is 3.68. The van der Waals surface area contributed by atoms with Gasteiger partial charge >= 0.3 is 0 Å². The Balaban J connectivity index is 2.44. The van der Waals surface area contributed by atoms with Crippen LogP contribution < -0.4 is 0 Å². The van der Waals surface area contributed by atoms with Gasteiger partial charge in [-0.2, -0.15) is 0 Å². The molecule has 1 heterocycles. The first-order chi connectivity index (χ1) is 7.07. The molecule has 2 aromatic rings. The van der Waals surface area contributed by atoms with Crippen molar-refractivity contribution in [2.75, 3.05) is 0 Å². The van der Waals surface area contributed by atoms with Crippen LogP contribution in [0.25, 0.3) is 11.1 Å². The lowest BCUT2D eigenvalue weighted by atomic mass is 9.86. The van der Waals surface area contributed by atoms with Crippen LogP contribution in [-0.2, 0) is 5.41 Å². The van der Waals surface area contributed by atoms with E-state index in [1.807, 2.05) is 0 Å². The van der Waals surface area contributed by atoms with E-state index in [4.69, 9.17) is 4.52 Å². The van der Waals surface area contributed by atoms with E-state index in [2.05, 4.69) is 50.2 Å². The molecule has 0 saturated heterocycles. The Labute approximate surface area is 89.9 Å². The summed E-state index contributed by atoms with van der Waals surface area (Å²) >= 11 is 0. The molecule has 0 aliphatic rings. The summed E-state index contributed by atoms with van der Waals surface area (Å²) in [5, 5.41) is 3.72. The van der Waals surface area contributed by atoms with E-state index in [0.717, 1.165) is 11.1 Å². The number of hydrogen-bond donors (Lipinski definition) is 0. The van der Waals surface area contributed by atoms with Crippen molar-refractivity contribution in [3.8, 4) is 11.1 Å². The lowest BCUT2D eigenvalue weighted by Gasteiger charge is -2.19. The second-order valence-corrected chi connectivity index (χ2v) is 4.74. The number of benzene rings is 1. The molecule has 78 valence electrons. The molecule has 2 rings (SSSR count). The van der Waals surface area contributed by atoms with Crippen LogP contribution in [-0.4, -0.2) is 5.16 Å². The van der Waals surface area contributed by atoms with Gasteiger partial charge in [0.25, 0.3) is 0 Å². The van der Waals surface area contributed by atoms with Gasteiger partial charge in [0.15, 0.2) is 0 Å². The van der Waals surface area contributed by atoms with Gasteiger partial charge in [0.2, 0.25) is 0 Å². The standard InChI is InChI=1S/C13H15NO/c1-13(2,3)12-6-4-5-10(7-12)11-8-14-15-9-11/h4-9H,1-3H3. The third-order valence-electron chi connectivity index (χ3n) is 2.49. The predicted molar refractivity (Wildman–Crippen MR) is 60.6 cm³/mol. The first kappa shape index (κ1) is 9.97.